The van der Waals surface area contributed by atoms with Gasteiger partial charge in [0.1, 0.15) is 17.6 Å². The largest absolute Gasteiger partial charge is 0.383 e. The first kappa shape index (κ1) is 22.9. The van der Waals surface area contributed by atoms with E-state index < -0.39 is 6.02 Å². The van der Waals surface area contributed by atoms with Crippen molar-refractivity contribution < 1.29 is 5.76 Å². The monoisotopic (exact) mass is 548 g/mol. The number of aromatic nitrogens is 4. The highest BCUT2D eigenvalue weighted by Gasteiger charge is 2.27. The normalized spacial score (nSPS) is 15.7. The first-order chi connectivity index (χ1) is 17.6. The van der Waals surface area contributed by atoms with Gasteiger partial charge in [0.05, 0.1) is 36.4 Å². The van der Waals surface area contributed by atoms with Crippen LogP contribution in [0.5, 0.6) is 0 Å². The van der Waals surface area contributed by atoms with Crippen molar-refractivity contribution in [1.29, 1.82) is 5.26 Å². The predicted molar refractivity (Wildman–Crippen MR) is 142 cm³/mol. The van der Waals surface area contributed by atoms with Gasteiger partial charge in [0.15, 0.2) is 0 Å². The summed E-state index contributed by atoms with van der Waals surface area (Å²) in [5, 5.41) is 25.8. The molecule has 0 unspecified atom stereocenters. The molecule has 0 spiro atoms. The Balaban J connectivity index is 1.62. The van der Waals surface area contributed by atoms with Crippen molar-refractivity contribution in [3.63, 3.8) is 0 Å². The van der Waals surface area contributed by atoms with Crippen molar-refractivity contribution in [3.05, 3.63) is 75.9 Å². The Morgan fingerprint density at radius 2 is 2.03 bits per heavy atom. The fourth-order valence-electron chi connectivity index (χ4n) is 3.91. The minimum atomic E-state index is -1.55. The molecule has 4 aromatic rings. The molecule has 0 radical (unpaired) electrons. The number of hydrogen-bond donors (Lipinski definition) is 2. The van der Waals surface area contributed by atoms with Crippen LogP contribution in [0.2, 0.25) is 0 Å². The van der Waals surface area contributed by atoms with Gasteiger partial charge >= 0.3 is 0 Å². The maximum Gasteiger partial charge on any atom is 0.123 e. The Bertz CT molecular complexity index is 1500. The molecule has 36 heavy (non-hydrogen) atoms. The van der Waals surface area contributed by atoms with Gasteiger partial charge in [-0.3, -0.25) is 4.98 Å². The van der Waals surface area contributed by atoms with Crippen LogP contribution in [0.4, 0.5) is 15.8 Å². The maximum absolute atomic E-state index is 13.8. The van der Waals surface area contributed by atoms with Gasteiger partial charge in [0, 0.05) is 28.3 Å². The molecule has 2 aromatic heterocycles. The van der Waals surface area contributed by atoms with E-state index in [0.29, 0.717) is 50.8 Å². The van der Waals surface area contributed by atoms with Gasteiger partial charge in [-0.1, -0.05) is 38.1 Å². The van der Waals surface area contributed by atoms with Crippen molar-refractivity contribution in [2.24, 2.45) is 5.41 Å². The number of anilines is 2. The first-order valence-corrected chi connectivity index (χ1v) is 12.6. The fourth-order valence-corrected chi connectivity index (χ4v) is 4.48. The number of nitrogens with zero attached hydrogens (tertiary/aromatic N) is 5. The van der Waals surface area contributed by atoms with E-state index in [1.54, 1.807) is 29.2 Å². The van der Waals surface area contributed by atoms with Gasteiger partial charge in [-0.25, -0.2) is 9.07 Å². The molecule has 0 aliphatic heterocycles. The lowest BCUT2D eigenvalue weighted by molar-refractivity contribution is 0.443. The lowest BCUT2D eigenvalue weighted by Gasteiger charge is -2.22. The molecule has 184 valence electrons. The zero-order valence-corrected chi connectivity index (χ0v) is 21.9. The van der Waals surface area contributed by atoms with Crippen molar-refractivity contribution in [3.8, 4) is 6.07 Å². The van der Waals surface area contributed by atoms with Gasteiger partial charge in [0.25, 0.3) is 0 Å². The zero-order valence-electron chi connectivity index (χ0n) is 21.3. The molecule has 0 amide bonds. The zero-order chi connectivity index (χ0) is 26.4. The van der Waals surface area contributed by atoms with Crippen LogP contribution in [0, 0.1) is 22.6 Å². The van der Waals surface area contributed by atoms with Crippen LogP contribution in [0.15, 0.2) is 53.3 Å². The second-order valence-electron chi connectivity index (χ2n) is 10.2. The first-order valence-electron chi connectivity index (χ1n) is 12.3. The van der Waals surface area contributed by atoms with E-state index in [0.717, 1.165) is 18.2 Å². The van der Waals surface area contributed by atoms with Crippen LogP contribution < -0.4 is 10.6 Å². The van der Waals surface area contributed by atoms with Gasteiger partial charge in [-0.15, -0.1) is 5.10 Å². The standard InChI is InChI=1S/C27H27BrFN7/c1-27(2,3)15-32-24-17(12-30)13-31-26-21(24)10-19(11-22(26)28)33-25(16-4-6-18(29)7-5-16)23-14-36(35-34-23)20-8-9-20/h4-7,10-11,13-14,20,25,33H,8-9,15H2,1-3H3,(H,31,32)/t25-/m0/s1/i25D. The van der Waals surface area contributed by atoms with Gasteiger partial charge in [0.2, 0.25) is 0 Å². The third kappa shape index (κ3) is 5.19. The van der Waals surface area contributed by atoms with E-state index in [1.165, 1.54) is 12.1 Å². The number of nitrogens with one attached hydrogen (secondary N) is 2. The molecule has 1 aliphatic carbocycles. The molecule has 0 bridgehead atoms. The minimum Gasteiger partial charge on any atom is -0.383 e. The molecule has 5 rings (SSSR count). The van der Waals surface area contributed by atoms with E-state index >= 15 is 0 Å². The molecule has 9 heteroatoms. The number of nitriles is 1. The summed E-state index contributed by atoms with van der Waals surface area (Å²) in [4.78, 5) is 4.50. The molecule has 1 atom stereocenters. The smallest absolute Gasteiger partial charge is 0.123 e. The second-order valence-corrected chi connectivity index (χ2v) is 11.1. The van der Waals surface area contributed by atoms with Gasteiger partial charge < -0.3 is 10.6 Å². The lowest BCUT2D eigenvalue weighted by atomic mass is 9.96. The highest BCUT2D eigenvalue weighted by molar-refractivity contribution is 9.10. The maximum atomic E-state index is 13.8. The molecule has 7 nitrogen and oxygen atoms in total. The highest BCUT2D eigenvalue weighted by Crippen LogP contribution is 2.37. The molecule has 2 N–H and O–H groups in total. The summed E-state index contributed by atoms with van der Waals surface area (Å²) in [5.74, 6) is -0.383. The number of rotatable bonds is 7. The molecular weight excluding hydrogens is 521 g/mol. The topological polar surface area (TPSA) is 91.5 Å². The third-order valence-corrected chi connectivity index (χ3v) is 6.53. The summed E-state index contributed by atoms with van der Waals surface area (Å²) in [6, 6.07) is 10.5. The van der Waals surface area contributed by atoms with Crippen molar-refractivity contribution >= 4 is 38.2 Å². The van der Waals surface area contributed by atoms with E-state index in [-0.39, 0.29) is 11.2 Å². The Morgan fingerprint density at radius 1 is 1.28 bits per heavy atom. The van der Waals surface area contributed by atoms with Crippen LogP contribution in [-0.4, -0.2) is 26.5 Å². The summed E-state index contributed by atoms with van der Waals surface area (Å²) in [7, 11) is 0. The minimum absolute atomic E-state index is 0.0122. The predicted octanol–water partition coefficient (Wildman–Crippen LogP) is 6.59. The van der Waals surface area contributed by atoms with E-state index in [9.17, 15) is 11.0 Å². The Labute approximate surface area is 219 Å². The average molecular weight is 549 g/mol. The summed E-state index contributed by atoms with van der Waals surface area (Å²) in [6.45, 7) is 7.00. The van der Waals surface area contributed by atoms with Crippen LogP contribution >= 0.6 is 15.9 Å². The van der Waals surface area contributed by atoms with Gasteiger partial charge in [-0.2, -0.15) is 5.26 Å². The SMILES string of the molecule is [2H][C@](Nc1cc(Br)c2ncc(C#N)c(NCC(C)(C)C)c2c1)(c1ccc(F)cc1)c1cn(C2CC2)nn1. The van der Waals surface area contributed by atoms with Crippen molar-refractivity contribution in [1.82, 2.24) is 20.0 Å². The van der Waals surface area contributed by atoms with Gasteiger partial charge in [-0.05, 0) is 64.0 Å². The molecule has 1 fully saturated rings. The number of benzene rings is 2. The molecule has 2 aromatic carbocycles. The summed E-state index contributed by atoms with van der Waals surface area (Å²) < 4.78 is 25.8. The number of fused-ring (bicyclic) bond motifs is 1. The van der Waals surface area contributed by atoms with E-state index in [2.05, 4.69) is 68.7 Å². The molecule has 0 saturated heterocycles. The fraction of sp³-hybridized carbons (Fsp3) is 0.333. The second kappa shape index (κ2) is 9.51. The number of halogens is 2. The van der Waals surface area contributed by atoms with E-state index in [4.69, 9.17) is 0 Å². The number of pyridine rings is 1. The third-order valence-electron chi connectivity index (χ3n) is 5.93. The lowest BCUT2D eigenvalue weighted by Crippen LogP contribution is -2.20. The Kier molecular flexibility index (Phi) is 6.05. The van der Waals surface area contributed by atoms with Crippen molar-refractivity contribution in [2.45, 2.75) is 45.7 Å². The number of hydrogen-bond acceptors (Lipinski definition) is 6. The molecular formula is C27H27BrFN7. The average Bonchev–Trinajstić information content (AvgIpc) is 3.58. The van der Waals surface area contributed by atoms with Crippen LogP contribution in [0.1, 0.15) is 63.9 Å². The quantitative estimate of drug-likeness (QED) is 0.270. The molecule has 1 aliphatic rings. The Hall–Kier alpha value is -3.51. The molecule has 2 heterocycles. The van der Waals surface area contributed by atoms with Crippen LogP contribution in [0.25, 0.3) is 10.9 Å². The summed E-state index contributed by atoms with van der Waals surface area (Å²) >= 11 is 3.62. The van der Waals surface area contributed by atoms with Crippen molar-refractivity contribution in [2.75, 3.05) is 17.2 Å². The highest BCUT2D eigenvalue weighted by atomic mass is 79.9. The van der Waals surface area contributed by atoms with E-state index in [1.807, 2.05) is 12.1 Å². The molecule has 1 saturated carbocycles. The van der Waals surface area contributed by atoms with Crippen LogP contribution in [-0.2, 0) is 0 Å². The summed E-state index contributed by atoms with van der Waals surface area (Å²) in [6.07, 6.45) is 5.42. The van der Waals surface area contributed by atoms with Crippen LogP contribution in [0.3, 0.4) is 0 Å². The Morgan fingerprint density at radius 3 is 2.69 bits per heavy atom. The summed E-state index contributed by atoms with van der Waals surface area (Å²) in [5.41, 5.74) is 3.32.